The first-order valence-electron chi connectivity index (χ1n) is 7.46. The van der Waals surface area contributed by atoms with E-state index in [1.807, 2.05) is 0 Å². The predicted octanol–water partition coefficient (Wildman–Crippen LogP) is 0.425. The van der Waals surface area contributed by atoms with E-state index in [1.165, 1.54) is 34.0 Å². The van der Waals surface area contributed by atoms with Gasteiger partial charge in [-0.3, -0.25) is 10.1 Å². The van der Waals surface area contributed by atoms with Crippen molar-refractivity contribution in [3.05, 3.63) is 10.6 Å². The first-order chi connectivity index (χ1) is 10.9. The number of ether oxygens (including phenoxy) is 1. The lowest BCUT2D eigenvalue weighted by Crippen LogP contribution is -2.42. The monoisotopic (exact) mass is 360 g/mol. The fraction of sp³-hybridized carbons (Fsp3) is 0.692. The number of nitrogens with zero attached hydrogens (tertiary/aromatic N) is 3. The number of thiazole rings is 1. The van der Waals surface area contributed by atoms with Crippen LogP contribution in [0.4, 0.5) is 5.13 Å². The Morgan fingerprint density at radius 2 is 2.26 bits per heavy atom. The number of carbonyl (C=O) groups is 1. The third-order valence-corrected chi connectivity index (χ3v) is 6.82. The fourth-order valence-corrected chi connectivity index (χ4v) is 4.81. The smallest absolute Gasteiger partial charge is 0.281 e. The van der Waals surface area contributed by atoms with Crippen LogP contribution in [0.1, 0.15) is 23.4 Å². The first kappa shape index (κ1) is 16.8. The number of amides is 1. The molecule has 0 radical (unpaired) electrons. The second-order valence-electron chi connectivity index (χ2n) is 5.75. The number of fused-ring (bicyclic) bond motifs is 1. The Kier molecular flexibility index (Phi) is 4.70. The van der Waals surface area contributed by atoms with Crippen molar-refractivity contribution in [2.45, 2.75) is 31.9 Å². The Labute approximate surface area is 139 Å². The topological polar surface area (TPSA) is 91.8 Å². The highest BCUT2D eigenvalue weighted by molar-refractivity contribution is 7.86. The zero-order valence-corrected chi connectivity index (χ0v) is 14.7. The van der Waals surface area contributed by atoms with Gasteiger partial charge in [-0.05, 0) is 12.8 Å². The van der Waals surface area contributed by atoms with Crippen LogP contribution in [0.2, 0.25) is 0 Å². The van der Waals surface area contributed by atoms with E-state index >= 15 is 0 Å². The van der Waals surface area contributed by atoms with Crippen molar-refractivity contribution in [3.8, 4) is 0 Å². The van der Waals surface area contributed by atoms with Gasteiger partial charge in [0.25, 0.3) is 16.1 Å². The van der Waals surface area contributed by atoms with Crippen LogP contribution < -0.4 is 5.32 Å². The molecule has 1 saturated heterocycles. The SMILES string of the molecule is CN(C)S(=O)(=O)N1CCc2nc(NC(=O)C3CCCO3)sc2C1. The summed E-state index contributed by atoms with van der Waals surface area (Å²) in [6.07, 6.45) is 1.77. The third-order valence-electron chi connectivity index (χ3n) is 3.94. The van der Waals surface area contributed by atoms with E-state index in [0.29, 0.717) is 31.2 Å². The summed E-state index contributed by atoms with van der Waals surface area (Å²) in [7, 11) is -0.394. The summed E-state index contributed by atoms with van der Waals surface area (Å²) in [4.78, 5) is 17.4. The van der Waals surface area contributed by atoms with Crippen molar-refractivity contribution in [3.63, 3.8) is 0 Å². The van der Waals surface area contributed by atoms with Gasteiger partial charge in [-0.25, -0.2) is 4.98 Å². The Morgan fingerprint density at radius 1 is 1.48 bits per heavy atom. The van der Waals surface area contributed by atoms with Crippen LogP contribution in [0.15, 0.2) is 0 Å². The molecule has 2 aliphatic rings. The van der Waals surface area contributed by atoms with Crippen molar-refractivity contribution in [2.24, 2.45) is 0 Å². The maximum absolute atomic E-state index is 12.2. The molecule has 1 unspecified atom stereocenters. The zero-order chi connectivity index (χ0) is 16.6. The molecule has 1 N–H and O–H groups in total. The molecule has 1 aromatic rings. The van der Waals surface area contributed by atoms with Crippen molar-refractivity contribution in [1.29, 1.82) is 0 Å². The van der Waals surface area contributed by atoms with Crippen molar-refractivity contribution < 1.29 is 17.9 Å². The van der Waals surface area contributed by atoms with Gasteiger partial charge >= 0.3 is 0 Å². The van der Waals surface area contributed by atoms with Crippen LogP contribution in [0.5, 0.6) is 0 Å². The Bertz CT molecular complexity index is 695. The van der Waals surface area contributed by atoms with Gasteiger partial charge in [0.1, 0.15) is 6.10 Å². The summed E-state index contributed by atoms with van der Waals surface area (Å²) in [6, 6.07) is 0. The largest absolute Gasteiger partial charge is 0.368 e. The number of rotatable bonds is 4. The standard InChI is InChI=1S/C13H20N4O4S2/c1-16(2)23(19,20)17-6-5-9-11(8-17)22-13(14-9)15-12(18)10-4-3-7-21-10/h10H,3-8H2,1-2H3,(H,14,15,18). The third kappa shape index (κ3) is 3.41. The number of hydrogen-bond acceptors (Lipinski definition) is 6. The van der Waals surface area contributed by atoms with Gasteiger partial charge < -0.3 is 4.74 Å². The van der Waals surface area contributed by atoms with Crippen molar-refractivity contribution >= 4 is 32.6 Å². The molecule has 0 aliphatic carbocycles. The van der Waals surface area contributed by atoms with Gasteiger partial charge in [0, 0.05) is 38.5 Å². The number of anilines is 1. The molecule has 0 aromatic carbocycles. The predicted molar refractivity (Wildman–Crippen MR) is 86.4 cm³/mol. The molecule has 2 aliphatic heterocycles. The van der Waals surface area contributed by atoms with Crippen LogP contribution >= 0.6 is 11.3 Å². The molecule has 1 fully saturated rings. The van der Waals surface area contributed by atoms with Crippen LogP contribution in [0.25, 0.3) is 0 Å². The molecule has 1 amide bonds. The number of nitrogens with one attached hydrogen (secondary N) is 1. The number of carbonyl (C=O) groups excluding carboxylic acids is 1. The minimum absolute atomic E-state index is 0.175. The van der Waals surface area contributed by atoms with Gasteiger partial charge in [0.15, 0.2) is 5.13 Å². The molecule has 3 rings (SSSR count). The first-order valence-corrected chi connectivity index (χ1v) is 9.68. The summed E-state index contributed by atoms with van der Waals surface area (Å²) in [5.74, 6) is -0.175. The molecule has 3 heterocycles. The molecular formula is C13H20N4O4S2. The van der Waals surface area contributed by atoms with Gasteiger partial charge in [-0.2, -0.15) is 17.0 Å². The second kappa shape index (κ2) is 6.44. The molecule has 8 nitrogen and oxygen atoms in total. The lowest BCUT2D eigenvalue weighted by atomic mass is 10.2. The average Bonchev–Trinajstić information content (AvgIpc) is 3.15. The average molecular weight is 360 g/mol. The van der Waals surface area contributed by atoms with Crippen molar-refractivity contribution in [2.75, 3.05) is 32.6 Å². The Balaban J connectivity index is 1.70. The molecular weight excluding hydrogens is 340 g/mol. The fourth-order valence-electron chi connectivity index (χ4n) is 2.62. The lowest BCUT2D eigenvalue weighted by Gasteiger charge is -2.27. The van der Waals surface area contributed by atoms with Crippen molar-refractivity contribution in [1.82, 2.24) is 13.6 Å². The summed E-state index contributed by atoms with van der Waals surface area (Å²) in [5.41, 5.74) is 0.864. The van der Waals surface area contributed by atoms with Crippen LogP contribution in [0, 0.1) is 0 Å². The molecule has 10 heteroatoms. The van der Waals surface area contributed by atoms with Crippen LogP contribution in [-0.2, 0) is 32.7 Å². The second-order valence-corrected chi connectivity index (χ2v) is 8.98. The summed E-state index contributed by atoms with van der Waals surface area (Å²) in [6.45, 7) is 1.31. The van der Waals surface area contributed by atoms with E-state index in [0.717, 1.165) is 23.4 Å². The maximum atomic E-state index is 12.2. The van der Waals surface area contributed by atoms with E-state index < -0.39 is 16.3 Å². The molecule has 0 spiro atoms. The maximum Gasteiger partial charge on any atom is 0.281 e. The van der Waals surface area contributed by atoms with E-state index in [4.69, 9.17) is 4.74 Å². The van der Waals surface area contributed by atoms with E-state index in [-0.39, 0.29) is 5.91 Å². The van der Waals surface area contributed by atoms with Crippen LogP contribution in [-0.4, -0.2) is 61.3 Å². The zero-order valence-electron chi connectivity index (χ0n) is 13.1. The van der Waals surface area contributed by atoms with Gasteiger partial charge in [0.2, 0.25) is 0 Å². The Morgan fingerprint density at radius 3 is 2.91 bits per heavy atom. The molecule has 1 atom stereocenters. The summed E-state index contributed by atoms with van der Waals surface area (Å²) < 4.78 is 32.4. The number of hydrogen-bond donors (Lipinski definition) is 1. The van der Waals surface area contributed by atoms with E-state index in [9.17, 15) is 13.2 Å². The number of aromatic nitrogens is 1. The molecule has 1 aromatic heterocycles. The van der Waals surface area contributed by atoms with E-state index in [1.54, 1.807) is 0 Å². The molecule has 0 bridgehead atoms. The quantitative estimate of drug-likeness (QED) is 0.840. The normalized spacial score (nSPS) is 22.3. The molecule has 23 heavy (non-hydrogen) atoms. The van der Waals surface area contributed by atoms with Crippen LogP contribution in [0.3, 0.4) is 0 Å². The lowest BCUT2D eigenvalue weighted by molar-refractivity contribution is -0.124. The highest BCUT2D eigenvalue weighted by atomic mass is 32.2. The highest BCUT2D eigenvalue weighted by Gasteiger charge is 2.31. The van der Waals surface area contributed by atoms with Gasteiger partial charge in [-0.15, -0.1) is 11.3 Å². The molecule has 0 saturated carbocycles. The van der Waals surface area contributed by atoms with Gasteiger partial charge in [-0.1, -0.05) is 0 Å². The highest BCUT2D eigenvalue weighted by Crippen LogP contribution is 2.30. The summed E-state index contributed by atoms with van der Waals surface area (Å²) >= 11 is 1.33. The summed E-state index contributed by atoms with van der Waals surface area (Å²) in [5, 5.41) is 3.30. The minimum atomic E-state index is -3.43. The minimum Gasteiger partial charge on any atom is -0.368 e. The van der Waals surface area contributed by atoms with E-state index in [2.05, 4.69) is 10.3 Å². The Hall–Kier alpha value is -1.07. The molecule has 128 valence electrons. The van der Waals surface area contributed by atoms with Gasteiger partial charge in [0.05, 0.1) is 12.2 Å².